The lowest BCUT2D eigenvalue weighted by atomic mass is 10.1. The number of H-pyrrole nitrogens is 1. The largest absolute Gasteiger partial charge is 0.417 e. The van der Waals surface area contributed by atoms with Crippen LogP contribution in [0, 0.1) is 10.1 Å². The number of hydrogen-bond donors (Lipinski definition) is 3. The van der Waals surface area contributed by atoms with Crippen molar-refractivity contribution < 1.29 is 9.34 Å². The van der Waals surface area contributed by atoms with E-state index in [4.69, 9.17) is 4.42 Å². The summed E-state index contributed by atoms with van der Waals surface area (Å²) >= 11 is 0. The van der Waals surface area contributed by atoms with Gasteiger partial charge in [0.05, 0.1) is 10.4 Å². The first kappa shape index (κ1) is 14.6. The molecule has 0 amide bonds. The number of oxazole rings is 1. The molecule has 118 valence electrons. The number of fused-ring (bicyclic) bond motifs is 1. The number of hydrogen-bond acceptors (Lipinski definition) is 6. The van der Waals surface area contributed by atoms with Crippen molar-refractivity contribution in [2.75, 3.05) is 17.7 Å². The fourth-order valence-electron chi connectivity index (χ4n) is 2.32. The topological polar surface area (TPSA) is 113 Å². The summed E-state index contributed by atoms with van der Waals surface area (Å²) < 4.78 is 4.93. The molecule has 23 heavy (non-hydrogen) atoms. The summed E-state index contributed by atoms with van der Waals surface area (Å²) in [6, 6.07) is 10.2. The Morgan fingerprint density at radius 1 is 1.26 bits per heavy atom. The first-order chi connectivity index (χ1) is 11.1. The molecule has 1 aromatic heterocycles. The molecule has 0 spiro atoms. The third-order valence-corrected chi connectivity index (χ3v) is 3.44. The molecule has 0 atom stereocenters. The Hall–Kier alpha value is -3.29. The number of nitrogens with zero attached hydrogens (tertiary/aromatic N) is 1. The van der Waals surface area contributed by atoms with Crippen molar-refractivity contribution in [2.45, 2.75) is 6.54 Å². The van der Waals surface area contributed by atoms with Crippen molar-refractivity contribution in [3.63, 3.8) is 0 Å². The molecular weight excluding hydrogens is 300 g/mol. The highest BCUT2D eigenvalue weighted by molar-refractivity contribution is 5.76. The van der Waals surface area contributed by atoms with Gasteiger partial charge in [-0.15, -0.1) is 0 Å². The summed E-state index contributed by atoms with van der Waals surface area (Å²) in [5.41, 5.74) is 3.12. The predicted octanol–water partition coefficient (Wildman–Crippen LogP) is 2.68. The van der Waals surface area contributed by atoms with Gasteiger partial charge < -0.3 is 15.1 Å². The summed E-state index contributed by atoms with van der Waals surface area (Å²) in [4.78, 5) is 24.3. The maximum atomic E-state index is 11.1. The van der Waals surface area contributed by atoms with Gasteiger partial charge in [0.1, 0.15) is 5.69 Å². The van der Waals surface area contributed by atoms with Crippen molar-refractivity contribution in [1.29, 1.82) is 0 Å². The van der Waals surface area contributed by atoms with Crippen LogP contribution in [0.1, 0.15) is 5.56 Å². The van der Waals surface area contributed by atoms with Crippen LogP contribution in [0.25, 0.3) is 11.1 Å². The highest BCUT2D eigenvalue weighted by Gasteiger charge is 2.13. The minimum atomic E-state index is -0.504. The number of aromatic nitrogens is 1. The molecule has 0 aliphatic carbocycles. The van der Waals surface area contributed by atoms with E-state index in [0.29, 0.717) is 23.3 Å². The summed E-state index contributed by atoms with van der Waals surface area (Å²) in [5.74, 6) is -0.504. The van der Waals surface area contributed by atoms with Crippen molar-refractivity contribution in [3.8, 4) is 0 Å². The van der Waals surface area contributed by atoms with Gasteiger partial charge in [-0.3, -0.25) is 15.1 Å². The van der Waals surface area contributed by atoms with Crippen LogP contribution in [-0.4, -0.2) is 17.0 Å². The average molecular weight is 314 g/mol. The van der Waals surface area contributed by atoms with Crippen LogP contribution >= 0.6 is 0 Å². The average Bonchev–Trinajstić information content (AvgIpc) is 2.91. The third-order valence-electron chi connectivity index (χ3n) is 3.44. The van der Waals surface area contributed by atoms with Gasteiger partial charge in [-0.05, 0) is 29.8 Å². The molecule has 1 heterocycles. The predicted molar refractivity (Wildman–Crippen MR) is 86.8 cm³/mol. The SMILES string of the molecule is CNc1ccc(CNc2ccc3oc(=O)[nH]c3c2)cc1[N+](=O)[O-]. The monoisotopic (exact) mass is 314 g/mol. The van der Waals surface area contributed by atoms with E-state index in [1.165, 1.54) is 6.07 Å². The summed E-state index contributed by atoms with van der Waals surface area (Å²) in [7, 11) is 1.64. The molecule has 2 aromatic carbocycles. The molecule has 0 aliphatic heterocycles. The van der Waals surface area contributed by atoms with Gasteiger partial charge in [-0.25, -0.2) is 4.79 Å². The van der Waals surface area contributed by atoms with Crippen LogP contribution in [0.5, 0.6) is 0 Å². The lowest BCUT2D eigenvalue weighted by Crippen LogP contribution is -2.02. The minimum absolute atomic E-state index is 0.0291. The van der Waals surface area contributed by atoms with Gasteiger partial charge in [0, 0.05) is 25.3 Å². The summed E-state index contributed by atoms with van der Waals surface area (Å²) in [6.07, 6.45) is 0. The Morgan fingerprint density at radius 2 is 2.09 bits per heavy atom. The summed E-state index contributed by atoms with van der Waals surface area (Å²) in [5, 5.41) is 17.0. The second-order valence-electron chi connectivity index (χ2n) is 4.94. The molecule has 0 radical (unpaired) electrons. The third kappa shape index (κ3) is 3.00. The molecule has 0 saturated carbocycles. The molecule has 3 N–H and O–H groups in total. The maximum absolute atomic E-state index is 11.1. The Balaban J connectivity index is 1.80. The molecule has 8 heteroatoms. The first-order valence-corrected chi connectivity index (χ1v) is 6.88. The Morgan fingerprint density at radius 3 is 2.83 bits per heavy atom. The quantitative estimate of drug-likeness (QED) is 0.493. The van der Waals surface area contributed by atoms with E-state index in [1.807, 2.05) is 6.07 Å². The van der Waals surface area contributed by atoms with Gasteiger partial charge in [-0.2, -0.15) is 0 Å². The van der Waals surface area contributed by atoms with Gasteiger partial charge in [-0.1, -0.05) is 6.07 Å². The Labute approximate surface area is 130 Å². The fourth-order valence-corrected chi connectivity index (χ4v) is 2.32. The van der Waals surface area contributed by atoms with Gasteiger partial charge >= 0.3 is 5.76 Å². The number of nitrogens with one attached hydrogen (secondary N) is 3. The van der Waals surface area contributed by atoms with E-state index in [1.54, 1.807) is 31.3 Å². The van der Waals surface area contributed by atoms with E-state index < -0.39 is 10.7 Å². The van der Waals surface area contributed by atoms with Crippen molar-refractivity contribution in [2.24, 2.45) is 0 Å². The number of nitro groups is 1. The Bertz CT molecular complexity index is 929. The maximum Gasteiger partial charge on any atom is 0.417 e. The normalized spacial score (nSPS) is 10.7. The van der Waals surface area contributed by atoms with E-state index in [2.05, 4.69) is 15.6 Å². The fraction of sp³-hybridized carbons (Fsp3) is 0.133. The first-order valence-electron chi connectivity index (χ1n) is 6.88. The number of nitro benzene ring substituents is 1. The zero-order valence-electron chi connectivity index (χ0n) is 12.3. The minimum Gasteiger partial charge on any atom is -0.408 e. The zero-order chi connectivity index (χ0) is 16.4. The van der Waals surface area contributed by atoms with Crippen molar-refractivity contribution in [3.05, 3.63) is 62.6 Å². The number of benzene rings is 2. The van der Waals surface area contributed by atoms with Gasteiger partial charge in [0.2, 0.25) is 0 Å². The molecule has 3 rings (SSSR count). The molecule has 0 aliphatic rings. The summed E-state index contributed by atoms with van der Waals surface area (Å²) in [6.45, 7) is 0.415. The molecule has 0 bridgehead atoms. The molecule has 8 nitrogen and oxygen atoms in total. The number of aromatic amines is 1. The molecule has 0 fully saturated rings. The van der Waals surface area contributed by atoms with Gasteiger partial charge in [0.15, 0.2) is 5.58 Å². The number of anilines is 2. The highest BCUT2D eigenvalue weighted by Crippen LogP contribution is 2.25. The van der Waals surface area contributed by atoms with E-state index in [-0.39, 0.29) is 5.69 Å². The van der Waals surface area contributed by atoms with Crippen LogP contribution in [0.3, 0.4) is 0 Å². The van der Waals surface area contributed by atoms with Crippen molar-refractivity contribution >= 4 is 28.2 Å². The smallest absolute Gasteiger partial charge is 0.408 e. The van der Waals surface area contributed by atoms with Crippen LogP contribution in [-0.2, 0) is 6.54 Å². The standard InChI is InChI=1S/C15H14N4O4/c1-16-11-4-2-9(6-13(11)19(21)22)8-17-10-3-5-14-12(7-10)18-15(20)23-14/h2-7,16-17H,8H2,1H3,(H,18,20). The van der Waals surface area contributed by atoms with Crippen LogP contribution in [0.2, 0.25) is 0 Å². The van der Waals surface area contributed by atoms with E-state index in [9.17, 15) is 14.9 Å². The van der Waals surface area contributed by atoms with E-state index in [0.717, 1.165) is 11.3 Å². The Kier molecular flexibility index (Phi) is 3.71. The van der Waals surface area contributed by atoms with Crippen molar-refractivity contribution in [1.82, 2.24) is 4.98 Å². The second-order valence-corrected chi connectivity index (χ2v) is 4.94. The lowest BCUT2D eigenvalue weighted by molar-refractivity contribution is -0.384. The van der Waals surface area contributed by atoms with E-state index >= 15 is 0 Å². The lowest BCUT2D eigenvalue weighted by Gasteiger charge is -2.08. The number of rotatable bonds is 5. The molecule has 3 aromatic rings. The molecule has 0 saturated heterocycles. The zero-order valence-corrected chi connectivity index (χ0v) is 12.3. The van der Waals surface area contributed by atoms with Crippen LogP contribution in [0.15, 0.2) is 45.6 Å². The highest BCUT2D eigenvalue weighted by atomic mass is 16.6. The molecular formula is C15H14N4O4. The second kappa shape index (κ2) is 5.84. The van der Waals surface area contributed by atoms with Gasteiger partial charge in [0.25, 0.3) is 5.69 Å². The van der Waals surface area contributed by atoms with Crippen LogP contribution in [0.4, 0.5) is 17.1 Å². The van der Waals surface area contributed by atoms with Crippen LogP contribution < -0.4 is 16.4 Å². The molecule has 0 unspecified atom stereocenters.